The van der Waals surface area contributed by atoms with E-state index in [0.29, 0.717) is 12.8 Å². The molecule has 0 heterocycles. The number of hydrogen-bond donors (Lipinski definition) is 3. The van der Waals surface area contributed by atoms with Crippen LogP contribution in [0, 0.1) is 16.7 Å². The predicted octanol–water partition coefficient (Wildman–Crippen LogP) is 0.772. The molecule has 158 valence electrons. The van der Waals surface area contributed by atoms with Gasteiger partial charge < -0.3 is 15.6 Å². The minimum Gasteiger partial charge on any atom is -0.468 e. The summed E-state index contributed by atoms with van der Waals surface area (Å²) in [7, 11) is -3.07. The van der Waals surface area contributed by atoms with Crippen LogP contribution in [0.2, 0.25) is 0 Å². The molecule has 4 N–H and O–H groups in total. The summed E-state index contributed by atoms with van der Waals surface area (Å²) in [5.74, 6) is -1.17. The van der Waals surface area contributed by atoms with E-state index < -0.39 is 45.3 Å². The lowest BCUT2D eigenvalue weighted by Gasteiger charge is -2.35. The lowest BCUT2D eigenvalue weighted by molar-refractivity contribution is -0.158. The zero-order valence-electron chi connectivity index (χ0n) is 15.7. The Kier molecular flexibility index (Phi) is 6.80. The van der Waals surface area contributed by atoms with Gasteiger partial charge in [-0.1, -0.05) is 13.8 Å². The van der Waals surface area contributed by atoms with E-state index in [1.807, 2.05) is 13.8 Å². The van der Waals surface area contributed by atoms with Crippen LogP contribution in [0.5, 0.6) is 0 Å². The van der Waals surface area contributed by atoms with Gasteiger partial charge in [0, 0.05) is 6.42 Å². The van der Waals surface area contributed by atoms with Gasteiger partial charge in [0.05, 0.1) is 18.3 Å². The Morgan fingerprint density at radius 1 is 1.44 bits per heavy atom. The quantitative estimate of drug-likeness (QED) is 0.441. The van der Waals surface area contributed by atoms with Crippen LogP contribution >= 0.6 is 0 Å². The van der Waals surface area contributed by atoms with Gasteiger partial charge in [-0.25, -0.2) is 8.78 Å². The number of ketones is 1. The predicted molar refractivity (Wildman–Crippen MR) is 91.6 cm³/mol. The molecule has 0 amide bonds. The molecule has 2 unspecified atom stereocenters. The molecule has 2 aliphatic rings. The Balaban J connectivity index is 0.000000279. The molecule has 0 aromatic carbocycles. The lowest BCUT2D eigenvalue weighted by Crippen LogP contribution is -2.55. The van der Waals surface area contributed by atoms with Gasteiger partial charge >= 0.3 is 5.97 Å². The van der Waals surface area contributed by atoms with E-state index in [4.69, 9.17) is 15.4 Å². The first kappa shape index (κ1) is 23.9. The summed E-state index contributed by atoms with van der Waals surface area (Å²) in [4.78, 5) is 22.5. The zero-order chi connectivity index (χ0) is 21.4. The number of methoxy groups -OCH3 is 1. The number of nitrogens with two attached hydrogens (primary N) is 1. The van der Waals surface area contributed by atoms with Gasteiger partial charge in [0.1, 0.15) is 17.4 Å². The standard InChI is InChI=1S/C10H16O4S.C6H11F2NO3/c1-9(2)7-3-4-10(9,8(11)5-7)6-15(12,13)14;1-6(11,5(7)8)3(9)4(10)12-2/h7H,3-6H2,1-2H3,(H,12,13,14);3,5,11H,9H2,1-2H3/t;3-,6+/m.1/s1. The van der Waals surface area contributed by atoms with Crippen molar-refractivity contribution in [1.29, 1.82) is 0 Å². The van der Waals surface area contributed by atoms with E-state index in [2.05, 4.69) is 4.74 Å². The second-order valence-electron chi connectivity index (χ2n) is 7.92. The Hall–Kier alpha value is -1.17. The maximum absolute atomic E-state index is 12.0. The van der Waals surface area contributed by atoms with Crippen LogP contribution in [-0.4, -0.2) is 60.8 Å². The average molecular weight is 415 g/mol. The molecule has 2 fully saturated rings. The minimum absolute atomic E-state index is 0.0152. The number of alkyl halides is 2. The van der Waals surface area contributed by atoms with Gasteiger partial charge in [-0.05, 0) is 31.1 Å². The van der Waals surface area contributed by atoms with Crippen LogP contribution < -0.4 is 5.73 Å². The fraction of sp³-hybridized carbons (Fsp3) is 0.875. The molecule has 2 saturated carbocycles. The number of esters is 1. The van der Waals surface area contributed by atoms with Crippen molar-refractivity contribution in [3.63, 3.8) is 0 Å². The third-order valence-electron chi connectivity index (χ3n) is 6.09. The van der Waals surface area contributed by atoms with Crippen LogP contribution in [0.25, 0.3) is 0 Å². The van der Waals surface area contributed by atoms with E-state index >= 15 is 0 Å². The highest BCUT2D eigenvalue weighted by Crippen LogP contribution is 2.64. The van der Waals surface area contributed by atoms with E-state index in [9.17, 15) is 26.8 Å². The molecule has 0 radical (unpaired) electrons. The van der Waals surface area contributed by atoms with E-state index in [-0.39, 0.29) is 17.1 Å². The van der Waals surface area contributed by atoms with Crippen molar-refractivity contribution in [3.05, 3.63) is 0 Å². The van der Waals surface area contributed by atoms with Crippen molar-refractivity contribution in [2.75, 3.05) is 12.9 Å². The summed E-state index contributed by atoms with van der Waals surface area (Å²) in [6.07, 6.45) is -1.12. The van der Waals surface area contributed by atoms with Crippen LogP contribution in [0.3, 0.4) is 0 Å². The lowest BCUT2D eigenvalue weighted by atomic mass is 9.70. The number of ether oxygens (including phenoxy) is 1. The van der Waals surface area contributed by atoms with Crippen LogP contribution in [-0.2, 0) is 24.4 Å². The van der Waals surface area contributed by atoms with Crippen molar-refractivity contribution in [2.45, 2.75) is 58.1 Å². The molecule has 2 bridgehead atoms. The number of Topliss-reactive ketones (excluding diaryl/α,β-unsaturated/α-hetero) is 1. The van der Waals surface area contributed by atoms with Gasteiger partial charge in [-0.15, -0.1) is 0 Å². The van der Waals surface area contributed by atoms with Crippen LogP contribution in [0.15, 0.2) is 0 Å². The van der Waals surface area contributed by atoms with E-state index in [1.165, 1.54) is 0 Å². The fourth-order valence-corrected chi connectivity index (χ4v) is 5.22. The second kappa shape index (κ2) is 7.69. The van der Waals surface area contributed by atoms with Gasteiger partial charge in [-0.3, -0.25) is 14.1 Å². The number of fused-ring (bicyclic) bond motifs is 2. The maximum Gasteiger partial charge on any atom is 0.325 e. The topological polar surface area (TPSA) is 144 Å². The number of carbonyl (C=O) groups is 2. The number of rotatable bonds is 5. The first-order valence-corrected chi connectivity index (χ1v) is 9.96. The molecule has 2 aliphatic carbocycles. The van der Waals surface area contributed by atoms with Crippen LogP contribution in [0.1, 0.15) is 40.0 Å². The van der Waals surface area contributed by atoms with Gasteiger partial charge in [0.25, 0.3) is 16.5 Å². The molecule has 8 nitrogen and oxygen atoms in total. The molecule has 4 atom stereocenters. The number of carbonyl (C=O) groups excluding carboxylic acids is 2. The monoisotopic (exact) mass is 415 g/mol. The Labute approximate surface area is 157 Å². The fourth-order valence-electron chi connectivity index (χ4n) is 3.92. The van der Waals surface area contributed by atoms with Crippen molar-refractivity contribution >= 4 is 21.9 Å². The molecule has 0 spiro atoms. The summed E-state index contributed by atoms with van der Waals surface area (Å²) in [5.41, 5.74) is 1.33. The first-order chi connectivity index (χ1) is 12.0. The van der Waals surface area contributed by atoms with Gasteiger partial charge in [0.15, 0.2) is 0 Å². The highest BCUT2D eigenvalue weighted by molar-refractivity contribution is 7.85. The molecular formula is C16H27F2NO7S. The molecule has 0 aromatic heterocycles. The van der Waals surface area contributed by atoms with Crippen molar-refractivity contribution in [3.8, 4) is 0 Å². The maximum atomic E-state index is 12.0. The van der Waals surface area contributed by atoms with Crippen molar-refractivity contribution in [2.24, 2.45) is 22.5 Å². The first-order valence-electron chi connectivity index (χ1n) is 8.35. The van der Waals surface area contributed by atoms with Crippen molar-refractivity contribution in [1.82, 2.24) is 0 Å². The molecule has 27 heavy (non-hydrogen) atoms. The summed E-state index contributed by atoms with van der Waals surface area (Å²) in [6, 6.07) is -1.73. The molecule has 0 aromatic rings. The molecule has 0 aliphatic heterocycles. The third kappa shape index (κ3) is 4.47. The van der Waals surface area contributed by atoms with Gasteiger partial charge in [0.2, 0.25) is 0 Å². The summed E-state index contributed by atoms with van der Waals surface area (Å²) in [6.45, 7) is 4.67. The highest BCUT2D eigenvalue weighted by Gasteiger charge is 2.65. The summed E-state index contributed by atoms with van der Waals surface area (Å²) in [5, 5.41) is 8.99. The number of hydrogen-bond acceptors (Lipinski definition) is 7. The zero-order valence-corrected chi connectivity index (χ0v) is 16.6. The molecular weight excluding hydrogens is 388 g/mol. The smallest absolute Gasteiger partial charge is 0.325 e. The molecule has 2 rings (SSSR count). The molecule has 11 heteroatoms. The molecule has 0 saturated heterocycles. The summed E-state index contributed by atoms with van der Waals surface area (Å²) >= 11 is 0. The average Bonchev–Trinajstić information content (AvgIpc) is 2.86. The Morgan fingerprint density at radius 2 is 1.96 bits per heavy atom. The van der Waals surface area contributed by atoms with E-state index in [0.717, 1.165) is 20.5 Å². The van der Waals surface area contributed by atoms with Crippen molar-refractivity contribution < 1.29 is 41.2 Å². The SMILES string of the molecule is CC1(C)C2CCC1(CS(=O)(=O)O)C(=O)C2.COC(=O)[C@@H](N)[C@](C)(O)C(F)F. The normalized spacial score (nSPS) is 29.7. The summed E-state index contributed by atoms with van der Waals surface area (Å²) < 4.78 is 59.1. The Morgan fingerprint density at radius 3 is 2.26 bits per heavy atom. The van der Waals surface area contributed by atoms with Crippen LogP contribution in [0.4, 0.5) is 8.78 Å². The largest absolute Gasteiger partial charge is 0.468 e. The number of halogens is 2. The number of aliphatic hydroxyl groups is 1. The third-order valence-corrected chi connectivity index (χ3v) is 6.95. The second-order valence-corrected chi connectivity index (χ2v) is 9.37. The van der Waals surface area contributed by atoms with Gasteiger partial charge in [-0.2, -0.15) is 8.42 Å². The minimum atomic E-state index is -4.08. The van der Waals surface area contributed by atoms with E-state index in [1.54, 1.807) is 0 Å². The Bertz CT molecular complexity index is 693. The highest BCUT2D eigenvalue weighted by atomic mass is 32.2.